The van der Waals surface area contributed by atoms with Crippen molar-refractivity contribution >= 4 is 23.3 Å². The fourth-order valence-electron chi connectivity index (χ4n) is 4.91. The van der Waals surface area contributed by atoms with Crippen LogP contribution in [0.3, 0.4) is 0 Å². The number of benzene rings is 3. The van der Waals surface area contributed by atoms with Gasteiger partial charge in [0.1, 0.15) is 6.54 Å². The van der Waals surface area contributed by atoms with Gasteiger partial charge in [-0.3, -0.25) is 9.59 Å². The van der Waals surface area contributed by atoms with Gasteiger partial charge in [-0.05, 0) is 54.8 Å². The first-order chi connectivity index (χ1) is 17.5. The van der Waals surface area contributed by atoms with Crippen molar-refractivity contribution in [1.82, 2.24) is 0 Å². The molecule has 3 aromatic carbocycles. The average Bonchev–Trinajstić information content (AvgIpc) is 2.91. The molecule has 1 heterocycles. The number of nitrogens with zero attached hydrogens (tertiary/aromatic N) is 2. The van der Waals surface area contributed by atoms with Crippen LogP contribution in [0.15, 0.2) is 72.8 Å². The van der Waals surface area contributed by atoms with Crippen LogP contribution in [0.4, 0.5) is 11.4 Å². The maximum atomic E-state index is 13.6. The lowest BCUT2D eigenvalue weighted by Gasteiger charge is -2.44. The predicted octanol–water partition coefficient (Wildman–Crippen LogP) is 4.79. The van der Waals surface area contributed by atoms with E-state index in [1.165, 1.54) is 7.11 Å². The molecule has 188 valence electrons. The first kappa shape index (κ1) is 25.1. The number of carbonyl (C=O) groups is 2. The Kier molecular flexibility index (Phi) is 7.78. The molecule has 1 aliphatic rings. The molecule has 0 bridgehead atoms. The quantitative estimate of drug-likeness (QED) is 0.425. The number of esters is 1. The van der Waals surface area contributed by atoms with Gasteiger partial charge in [0.25, 0.3) is 0 Å². The highest BCUT2D eigenvalue weighted by molar-refractivity contribution is 5.97. The molecule has 0 N–H and O–H groups in total. The van der Waals surface area contributed by atoms with E-state index in [9.17, 15) is 9.59 Å². The minimum absolute atomic E-state index is 0.000140. The third kappa shape index (κ3) is 5.15. The SMILES string of the molecule is COC(=O)CN(c1ccccc1)C1CC(C)N(C(=O)Cc2ccc(OC)c(OC)c2)c2ccccc21. The summed E-state index contributed by atoms with van der Waals surface area (Å²) in [6, 6.07) is 23.1. The number of amides is 1. The molecule has 2 unspecified atom stereocenters. The van der Waals surface area contributed by atoms with Crippen molar-refractivity contribution in [1.29, 1.82) is 0 Å². The van der Waals surface area contributed by atoms with Crippen LogP contribution in [-0.2, 0) is 20.7 Å². The van der Waals surface area contributed by atoms with Gasteiger partial charge in [0.05, 0.1) is 33.8 Å². The molecule has 0 saturated heterocycles. The minimum Gasteiger partial charge on any atom is -0.493 e. The summed E-state index contributed by atoms with van der Waals surface area (Å²) >= 11 is 0. The van der Waals surface area contributed by atoms with Crippen LogP contribution in [0.1, 0.15) is 30.5 Å². The highest BCUT2D eigenvalue weighted by atomic mass is 16.5. The first-order valence-electron chi connectivity index (χ1n) is 12.0. The van der Waals surface area contributed by atoms with Crippen LogP contribution < -0.4 is 19.3 Å². The number of rotatable bonds is 8. The second kappa shape index (κ2) is 11.2. The highest BCUT2D eigenvalue weighted by Gasteiger charge is 2.37. The zero-order valence-electron chi connectivity index (χ0n) is 21.1. The molecular weight excluding hydrogens is 456 g/mol. The zero-order valence-corrected chi connectivity index (χ0v) is 21.1. The van der Waals surface area contributed by atoms with Crippen LogP contribution in [0.25, 0.3) is 0 Å². The van der Waals surface area contributed by atoms with Crippen LogP contribution in [0, 0.1) is 0 Å². The van der Waals surface area contributed by atoms with Crippen molar-refractivity contribution < 1.29 is 23.8 Å². The molecule has 0 aliphatic carbocycles. The van der Waals surface area contributed by atoms with Gasteiger partial charge >= 0.3 is 5.97 Å². The number of carbonyl (C=O) groups excluding carboxylic acids is 2. The van der Waals surface area contributed by atoms with E-state index in [0.717, 1.165) is 22.5 Å². The maximum absolute atomic E-state index is 13.6. The largest absolute Gasteiger partial charge is 0.493 e. The molecule has 7 nitrogen and oxygen atoms in total. The summed E-state index contributed by atoms with van der Waals surface area (Å²) < 4.78 is 15.7. The maximum Gasteiger partial charge on any atom is 0.325 e. The van der Waals surface area contributed by atoms with Crippen molar-refractivity contribution in [2.75, 3.05) is 37.7 Å². The molecule has 0 radical (unpaired) electrons. The topological polar surface area (TPSA) is 68.3 Å². The van der Waals surface area contributed by atoms with E-state index in [4.69, 9.17) is 14.2 Å². The number of ether oxygens (including phenoxy) is 3. The normalized spacial score (nSPS) is 16.6. The molecule has 0 fully saturated rings. The Labute approximate surface area is 212 Å². The smallest absolute Gasteiger partial charge is 0.325 e. The van der Waals surface area contributed by atoms with Crippen molar-refractivity contribution in [3.8, 4) is 11.5 Å². The van der Waals surface area contributed by atoms with E-state index in [2.05, 4.69) is 11.8 Å². The van der Waals surface area contributed by atoms with Crippen LogP contribution in [0.5, 0.6) is 11.5 Å². The van der Waals surface area contributed by atoms with Gasteiger partial charge in [-0.1, -0.05) is 42.5 Å². The molecule has 0 saturated carbocycles. The summed E-state index contributed by atoms with van der Waals surface area (Å²) in [5.41, 5.74) is 3.64. The Morgan fingerprint density at radius 3 is 2.31 bits per heavy atom. The zero-order chi connectivity index (χ0) is 25.7. The number of para-hydroxylation sites is 2. The summed E-state index contributed by atoms with van der Waals surface area (Å²) in [6.45, 7) is 2.17. The van der Waals surface area contributed by atoms with E-state index in [0.29, 0.717) is 17.9 Å². The molecular formula is C29H32N2O5. The molecule has 0 aromatic heterocycles. The molecule has 3 aromatic rings. The Morgan fingerprint density at radius 2 is 1.61 bits per heavy atom. The fourth-order valence-corrected chi connectivity index (χ4v) is 4.91. The fraction of sp³-hybridized carbons (Fsp3) is 0.310. The number of hydrogen-bond acceptors (Lipinski definition) is 6. The van der Waals surface area contributed by atoms with Crippen LogP contribution in [-0.4, -0.2) is 45.8 Å². The lowest BCUT2D eigenvalue weighted by atomic mass is 9.89. The molecule has 2 atom stereocenters. The predicted molar refractivity (Wildman–Crippen MR) is 140 cm³/mol. The third-order valence-electron chi connectivity index (χ3n) is 6.62. The second-order valence-electron chi connectivity index (χ2n) is 8.83. The summed E-state index contributed by atoms with van der Waals surface area (Å²) in [5.74, 6) is 0.909. The van der Waals surface area contributed by atoms with Gasteiger partial charge in [-0.25, -0.2) is 0 Å². The van der Waals surface area contributed by atoms with E-state index < -0.39 is 0 Å². The number of anilines is 2. The molecule has 36 heavy (non-hydrogen) atoms. The second-order valence-corrected chi connectivity index (χ2v) is 8.83. The van der Waals surface area contributed by atoms with Crippen molar-refractivity contribution in [3.63, 3.8) is 0 Å². The van der Waals surface area contributed by atoms with Crippen LogP contribution >= 0.6 is 0 Å². The first-order valence-corrected chi connectivity index (χ1v) is 12.0. The highest BCUT2D eigenvalue weighted by Crippen LogP contribution is 2.42. The minimum atomic E-state index is -0.309. The van der Waals surface area contributed by atoms with E-state index in [1.807, 2.05) is 77.7 Å². The van der Waals surface area contributed by atoms with Crippen molar-refractivity contribution in [2.24, 2.45) is 0 Å². The molecule has 0 spiro atoms. The van der Waals surface area contributed by atoms with Crippen molar-refractivity contribution in [2.45, 2.75) is 31.8 Å². The van der Waals surface area contributed by atoms with Crippen molar-refractivity contribution in [3.05, 3.63) is 83.9 Å². The molecule has 1 aliphatic heterocycles. The van der Waals surface area contributed by atoms with Crippen LogP contribution in [0.2, 0.25) is 0 Å². The number of methoxy groups -OCH3 is 3. The van der Waals surface area contributed by atoms with Gasteiger partial charge in [0.15, 0.2) is 11.5 Å². The summed E-state index contributed by atoms with van der Waals surface area (Å²) in [4.78, 5) is 29.9. The molecule has 1 amide bonds. The Morgan fingerprint density at radius 1 is 0.917 bits per heavy atom. The Hall–Kier alpha value is -4.00. The van der Waals surface area contributed by atoms with E-state index in [-0.39, 0.29) is 36.9 Å². The average molecular weight is 489 g/mol. The van der Waals surface area contributed by atoms with Gasteiger partial charge < -0.3 is 24.0 Å². The summed E-state index contributed by atoms with van der Waals surface area (Å²) in [5, 5.41) is 0. The lowest BCUT2D eigenvalue weighted by molar-refractivity contribution is -0.139. The molecule has 4 rings (SSSR count). The van der Waals surface area contributed by atoms with Gasteiger partial charge in [0, 0.05) is 17.4 Å². The summed E-state index contributed by atoms with van der Waals surface area (Å²) in [6.07, 6.45) is 0.898. The van der Waals surface area contributed by atoms with Gasteiger partial charge in [-0.2, -0.15) is 0 Å². The van der Waals surface area contributed by atoms with Gasteiger partial charge in [0.2, 0.25) is 5.91 Å². The summed E-state index contributed by atoms with van der Waals surface area (Å²) in [7, 11) is 4.57. The van der Waals surface area contributed by atoms with E-state index in [1.54, 1.807) is 14.2 Å². The monoisotopic (exact) mass is 488 g/mol. The Bertz CT molecular complexity index is 1210. The standard InChI is InChI=1S/C29H32N2O5/c1-20-16-25(30(19-29(33)36-4)22-10-6-5-7-11-22)23-12-8-9-13-24(23)31(20)28(32)18-21-14-15-26(34-2)27(17-21)35-3/h5-15,17,20,25H,16,18-19H2,1-4H3. The van der Waals surface area contributed by atoms with Gasteiger partial charge in [-0.15, -0.1) is 0 Å². The Balaban J connectivity index is 1.67. The lowest BCUT2D eigenvalue weighted by Crippen LogP contribution is -2.48. The third-order valence-corrected chi connectivity index (χ3v) is 6.62. The number of fused-ring (bicyclic) bond motifs is 1. The number of hydrogen-bond donors (Lipinski definition) is 0. The van der Waals surface area contributed by atoms with E-state index >= 15 is 0 Å². The molecule has 7 heteroatoms.